The molecule has 15 heteroatoms. The first-order valence-corrected chi connectivity index (χ1v) is 14.6. The van der Waals surface area contributed by atoms with Crippen molar-refractivity contribution in [2.45, 2.75) is 19.6 Å². The van der Waals surface area contributed by atoms with Gasteiger partial charge in [-0.2, -0.15) is 0 Å². The third kappa shape index (κ3) is 5.13. The highest BCUT2D eigenvalue weighted by atomic mass is 16.4. The summed E-state index contributed by atoms with van der Waals surface area (Å²) in [6.45, 7) is -2.71. The third-order valence-corrected chi connectivity index (χ3v) is 8.20. The van der Waals surface area contributed by atoms with Crippen LogP contribution in [0.25, 0.3) is 64.6 Å². The zero-order valence-electron chi connectivity index (χ0n) is 25.4. The van der Waals surface area contributed by atoms with Crippen molar-refractivity contribution in [3.8, 4) is 0 Å². The zero-order chi connectivity index (χ0) is 36.5. The summed E-state index contributed by atoms with van der Waals surface area (Å²) in [6.07, 6.45) is 0. The largest absolute Gasteiger partial charge is 0.480 e. The number of benzene rings is 3. The molecule has 246 valence electrons. The molecule has 3 heterocycles. The van der Waals surface area contributed by atoms with Crippen LogP contribution in [0.3, 0.4) is 0 Å². The molecular weight excluding hydrogens is 666 g/mol. The lowest BCUT2D eigenvalue weighted by Gasteiger charge is -1.92. The van der Waals surface area contributed by atoms with Crippen molar-refractivity contribution in [1.29, 1.82) is 0 Å². The van der Waals surface area contributed by atoms with E-state index in [0.717, 1.165) is 0 Å². The maximum Gasteiger partial charge on any atom is 0.323 e. The summed E-state index contributed by atoms with van der Waals surface area (Å²) in [5.41, 5.74) is -5.32. The van der Waals surface area contributed by atoms with Crippen LogP contribution in [0.4, 0.5) is 0 Å². The average molecular weight is 682 g/mol. The fourth-order valence-corrected chi connectivity index (χ4v) is 5.87. The molecule has 3 N–H and O–H groups in total. The second kappa shape index (κ2) is 11.4. The summed E-state index contributed by atoms with van der Waals surface area (Å²) in [5.74, 6) is -4.29. The van der Waals surface area contributed by atoms with Gasteiger partial charge in [-0.05, 0) is 36.4 Å². The Balaban J connectivity index is 1.67. The van der Waals surface area contributed by atoms with Crippen LogP contribution in [0.15, 0.2) is 65.2 Å². The second-order valence-electron chi connectivity index (χ2n) is 11.4. The van der Waals surface area contributed by atoms with Gasteiger partial charge in [-0.3, -0.25) is 56.9 Å². The lowest BCUT2D eigenvalue weighted by molar-refractivity contribution is -0.138. The maximum absolute atomic E-state index is 13.1. The SMILES string of the molecule is O=C(O)Cn1c(=O)c2cc3c#cc4cc5c(=O)n(CC(=O)O)c(=O)c5cc4c#cc4cc5c(=O)n(CC(=O)O)c(=O)c5cc4c#cc3cc2c1=O. The first-order chi connectivity index (χ1) is 24.2. The Morgan fingerprint density at radius 2 is 0.529 bits per heavy atom. The number of carboxylic acids is 3. The minimum atomic E-state index is -1.43. The highest BCUT2D eigenvalue weighted by Gasteiger charge is 2.18. The maximum atomic E-state index is 13.1. The second-order valence-corrected chi connectivity index (χ2v) is 11.4. The number of carbonyl (C=O) groups is 3. The lowest BCUT2D eigenvalue weighted by atomic mass is 10.1. The van der Waals surface area contributed by atoms with Crippen LogP contribution in [0.1, 0.15) is 0 Å². The molecule has 0 spiro atoms. The van der Waals surface area contributed by atoms with Crippen LogP contribution in [0, 0.1) is 36.4 Å². The van der Waals surface area contributed by atoms with Gasteiger partial charge in [0.1, 0.15) is 19.6 Å². The molecule has 0 bridgehead atoms. The molecular formula is C36H15N3O12. The van der Waals surface area contributed by atoms with Crippen LogP contribution >= 0.6 is 0 Å². The van der Waals surface area contributed by atoms with E-state index >= 15 is 0 Å². The van der Waals surface area contributed by atoms with Crippen molar-refractivity contribution in [1.82, 2.24) is 13.7 Å². The monoisotopic (exact) mass is 681 g/mol. The number of carboxylic acid groups (broad SMARTS) is 3. The van der Waals surface area contributed by atoms with Gasteiger partial charge >= 0.3 is 17.9 Å². The number of rotatable bonds is 6. The molecule has 4 aromatic carbocycles. The van der Waals surface area contributed by atoms with E-state index in [1.165, 1.54) is 36.4 Å². The fourth-order valence-electron chi connectivity index (χ4n) is 5.87. The molecule has 0 atom stereocenters. The van der Waals surface area contributed by atoms with Gasteiger partial charge in [0.15, 0.2) is 0 Å². The standard InChI is InChI=1S/C36H15N3O12/c40-28(41)13-37-31(46)22-7-16-1-2-17-8-23-25(34(49)38(32(23)47)14-29(42)43)10-19(17)5-6-21-12-27-26(35(50)39(36(27)51)15-30(44)45)11-20(21)4-3-18(16)9-24(22)33(37)48/h7-12H,13-15H2,(H,40,41)(H,42,43)(H,44,45). The summed E-state index contributed by atoms with van der Waals surface area (Å²) in [6, 6.07) is 24.5. The van der Waals surface area contributed by atoms with Gasteiger partial charge in [-0.1, -0.05) is 36.4 Å². The Kier molecular flexibility index (Phi) is 7.10. The fraction of sp³-hybridized carbons (Fsp3) is 0.0833. The smallest absolute Gasteiger partial charge is 0.323 e. The molecule has 15 nitrogen and oxygen atoms in total. The van der Waals surface area contributed by atoms with Crippen LogP contribution in [-0.2, 0) is 34.0 Å². The van der Waals surface area contributed by atoms with E-state index in [9.17, 15) is 58.5 Å². The Morgan fingerprint density at radius 3 is 0.667 bits per heavy atom. The topological polar surface area (TPSA) is 229 Å². The third-order valence-electron chi connectivity index (χ3n) is 8.20. The van der Waals surface area contributed by atoms with Gasteiger partial charge in [0.05, 0.1) is 32.3 Å². The summed E-state index contributed by atoms with van der Waals surface area (Å²) >= 11 is 0. The van der Waals surface area contributed by atoms with Gasteiger partial charge in [-0.25, -0.2) is 0 Å². The van der Waals surface area contributed by atoms with E-state index in [4.69, 9.17) is 0 Å². The van der Waals surface area contributed by atoms with Crippen molar-refractivity contribution < 1.29 is 29.7 Å². The van der Waals surface area contributed by atoms with Crippen molar-refractivity contribution in [3.63, 3.8) is 0 Å². The van der Waals surface area contributed by atoms with Crippen LogP contribution < -0.4 is 33.4 Å². The lowest BCUT2D eigenvalue weighted by Crippen LogP contribution is -2.28. The van der Waals surface area contributed by atoms with Crippen LogP contribution in [0.5, 0.6) is 0 Å². The van der Waals surface area contributed by atoms with Crippen LogP contribution in [-0.4, -0.2) is 46.9 Å². The van der Waals surface area contributed by atoms with Crippen molar-refractivity contribution >= 4 is 82.5 Å². The van der Waals surface area contributed by atoms with Gasteiger partial charge in [0.25, 0.3) is 33.4 Å². The Morgan fingerprint density at radius 1 is 0.373 bits per heavy atom. The Bertz CT molecular complexity index is 2660. The minimum absolute atomic E-state index is 0.0797. The predicted octanol–water partition coefficient (Wildman–Crippen LogP) is 0.226. The molecule has 3 aromatic heterocycles. The minimum Gasteiger partial charge on any atom is -0.480 e. The molecule has 0 saturated heterocycles. The first kappa shape index (κ1) is 31.8. The summed E-state index contributed by atoms with van der Waals surface area (Å²) in [7, 11) is 0. The molecule has 0 aliphatic rings. The molecule has 51 heavy (non-hydrogen) atoms. The van der Waals surface area contributed by atoms with E-state index in [-0.39, 0.29) is 64.6 Å². The molecule has 0 aliphatic carbocycles. The normalized spacial score (nSPS) is 11.1. The molecule has 0 aliphatic heterocycles. The van der Waals surface area contributed by atoms with Gasteiger partial charge in [0, 0.05) is 32.3 Å². The summed E-state index contributed by atoms with van der Waals surface area (Å²) in [5, 5.41) is 27.3. The summed E-state index contributed by atoms with van der Waals surface area (Å²) < 4.78 is 1.62. The number of hydrogen-bond donors (Lipinski definition) is 3. The summed E-state index contributed by atoms with van der Waals surface area (Å²) in [4.78, 5) is 112. The molecule has 0 saturated carbocycles. The molecule has 0 unspecified atom stereocenters. The number of aliphatic carboxylic acids is 3. The highest BCUT2D eigenvalue weighted by molar-refractivity contribution is 6.00. The molecule has 7 aromatic rings. The van der Waals surface area contributed by atoms with Crippen molar-refractivity contribution in [2.75, 3.05) is 0 Å². The van der Waals surface area contributed by atoms with E-state index in [1.807, 2.05) is 0 Å². The van der Waals surface area contributed by atoms with E-state index in [1.54, 1.807) is 0 Å². The first-order valence-electron chi connectivity index (χ1n) is 14.6. The highest BCUT2D eigenvalue weighted by Crippen LogP contribution is 2.20. The van der Waals surface area contributed by atoms with E-state index < -0.39 is 70.9 Å². The molecule has 0 fully saturated rings. The Hall–Kier alpha value is -7.83. The zero-order valence-corrected chi connectivity index (χ0v) is 25.4. The number of fused-ring (bicyclic) bond motifs is 6. The average Bonchev–Trinajstić information content (AvgIpc) is 3.54. The predicted molar refractivity (Wildman–Crippen MR) is 179 cm³/mol. The molecule has 7 rings (SSSR count). The molecule has 0 radical (unpaired) electrons. The van der Waals surface area contributed by atoms with Gasteiger partial charge < -0.3 is 15.3 Å². The van der Waals surface area contributed by atoms with Crippen molar-refractivity contribution in [2.24, 2.45) is 0 Å². The molecule has 0 amide bonds. The van der Waals surface area contributed by atoms with E-state index in [2.05, 4.69) is 36.4 Å². The van der Waals surface area contributed by atoms with Gasteiger partial charge in [-0.15, -0.1) is 0 Å². The number of nitrogens with zero attached hydrogens (tertiary/aromatic N) is 3. The Labute approximate surface area is 280 Å². The van der Waals surface area contributed by atoms with E-state index in [0.29, 0.717) is 13.7 Å². The number of hydrogen-bond acceptors (Lipinski definition) is 9. The van der Waals surface area contributed by atoms with Crippen molar-refractivity contribution in [3.05, 3.63) is 135 Å². The van der Waals surface area contributed by atoms with Crippen LogP contribution in [0.2, 0.25) is 0 Å². The van der Waals surface area contributed by atoms with Gasteiger partial charge in [0.2, 0.25) is 0 Å². The number of aromatic nitrogens is 3. The quantitative estimate of drug-likeness (QED) is 0.214.